The zero-order valence-electron chi connectivity index (χ0n) is 12.7. The highest BCUT2D eigenvalue weighted by Crippen LogP contribution is 2.22. The lowest BCUT2D eigenvalue weighted by molar-refractivity contribution is 0.102. The van der Waals surface area contributed by atoms with Gasteiger partial charge in [-0.1, -0.05) is 38.5 Å². The van der Waals surface area contributed by atoms with Crippen LogP contribution < -0.4 is 5.32 Å². The quantitative estimate of drug-likeness (QED) is 0.877. The summed E-state index contributed by atoms with van der Waals surface area (Å²) in [7, 11) is 0. The number of aromatic nitrogens is 2. The summed E-state index contributed by atoms with van der Waals surface area (Å²) in [6.45, 7) is 10.2. The summed E-state index contributed by atoms with van der Waals surface area (Å²) in [4.78, 5) is 12.2. The van der Waals surface area contributed by atoms with E-state index in [0.717, 1.165) is 16.8 Å². The van der Waals surface area contributed by atoms with Gasteiger partial charge in [0.25, 0.3) is 5.91 Å². The molecule has 0 fully saturated rings. The predicted molar refractivity (Wildman–Crippen MR) is 81.2 cm³/mol. The smallest absolute Gasteiger partial charge is 0.257 e. The summed E-state index contributed by atoms with van der Waals surface area (Å²) in [5, 5.41) is 9.93. The molecule has 1 amide bonds. The number of carbonyl (C=O) groups excluding carboxylic acids is 1. The highest BCUT2D eigenvalue weighted by molar-refractivity contribution is 6.04. The Balaban J connectivity index is 2.17. The highest BCUT2D eigenvalue weighted by atomic mass is 16.1. The van der Waals surface area contributed by atoms with E-state index in [1.165, 1.54) is 0 Å². The fraction of sp³-hybridized carbons (Fsp3) is 0.375. The third-order valence-corrected chi connectivity index (χ3v) is 3.25. The van der Waals surface area contributed by atoms with Crippen molar-refractivity contribution in [3.63, 3.8) is 0 Å². The monoisotopic (exact) mass is 271 g/mol. The molecular weight excluding hydrogens is 250 g/mol. The number of hydrogen-bond acceptors (Lipinski definition) is 2. The molecule has 2 N–H and O–H groups in total. The molecule has 2 rings (SSSR count). The van der Waals surface area contributed by atoms with Gasteiger partial charge in [-0.05, 0) is 25.5 Å². The van der Waals surface area contributed by atoms with Gasteiger partial charge in [0.1, 0.15) is 0 Å². The lowest BCUT2D eigenvalue weighted by Crippen LogP contribution is -2.14. The number of anilines is 1. The SMILES string of the molecule is Cc1ccc(C(=O)Nc2cc(C(C)(C)C)[nH]n2)c(C)c1. The Morgan fingerprint density at radius 3 is 2.45 bits per heavy atom. The molecule has 0 unspecified atom stereocenters. The Kier molecular flexibility index (Phi) is 3.66. The van der Waals surface area contributed by atoms with Crippen molar-refractivity contribution in [1.29, 1.82) is 0 Å². The van der Waals surface area contributed by atoms with Gasteiger partial charge in [-0.15, -0.1) is 0 Å². The summed E-state index contributed by atoms with van der Waals surface area (Å²) < 4.78 is 0. The van der Waals surface area contributed by atoms with Crippen molar-refractivity contribution in [3.05, 3.63) is 46.6 Å². The number of benzene rings is 1. The minimum Gasteiger partial charge on any atom is -0.305 e. The summed E-state index contributed by atoms with van der Waals surface area (Å²) >= 11 is 0. The van der Waals surface area contributed by atoms with E-state index in [4.69, 9.17) is 0 Å². The number of aromatic amines is 1. The molecule has 0 saturated heterocycles. The molecule has 0 atom stereocenters. The predicted octanol–water partition coefficient (Wildman–Crippen LogP) is 3.58. The van der Waals surface area contributed by atoms with E-state index in [-0.39, 0.29) is 11.3 Å². The third kappa shape index (κ3) is 3.07. The molecule has 1 heterocycles. The molecule has 106 valence electrons. The Bertz CT molecular complexity index is 635. The number of hydrogen-bond donors (Lipinski definition) is 2. The molecular formula is C16H21N3O. The first-order chi connectivity index (χ1) is 9.27. The van der Waals surface area contributed by atoms with E-state index in [0.29, 0.717) is 11.4 Å². The van der Waals surface area contributed by atoms with Crippen molar-refractivity contribution in [2.75, 3.05) is 5.32 Å². The van der Waals surface area contributed by atoms with Crippen molar-refractivity contribution in [3.8, 4) is 0 Å². The van der Waals surface area contributed by atoms with E-state index in [2.05, 4.69) is 36.3 Å². The molecule has 4 heteroatoms. The van der Waals surface area contributed by atoms with Gasteiger partial charge in [0.2, 0.25) is 0 Å². The third-order valence-electron chi connectivity index (χ3n) is 3.25. The molecule has 4 nitrogen and oxygen atoms in total. The first-order valence-electron chi connectivity index (χ1n) is 6.72. The normalized spacial score (nSPS) is 11.4. The van der Waals surface area contributed by atoms with E-state index < -0.39 is 0 Å². The van der Waals surface area contributed by atoms with Crippen molar-refractivity contribution in [2.24, 2.45) is 0 Å². The van der Waals surface area contributed by atoms with Crippen molar-refractivity contribution in [2.45, 2.75) is 40.0 Å². The average Bonchev–Trinajstić information content (AvgIpc) is 2.76. The minimum absolute atomic E-state index is 0.0181. The number of aryl methyl sites for hydroxylation is 2. The molecule has 1 aromatic heterocycles. The van der Waals surface area contributed by atoms with E-state index in [9.17, 15) is 4.79 Å². The van der Waals surface area contributed by atoms with Crippen LogP contribution >= 0.6 is 0 Å². The van der Waals surface area contributed by atoms with Crippen molar-refractivity contribution >= 4 is 11.7 Å². The zero-order valence-corrected chi connectivity index (χ0v) is 12.7. The number of nitrogens with one attached hydrogen (secondary N) is 2. The van der Waals surface area contributed by atoms with Crippen molar-refractivity contribution < 1.29 is 4.79 Å². The first-order valence-corrected chi connectivity index (χ1v) is 6.72. The van der Waals surface area contributed by atoms with Crippen LogP contribution in [0.15, 0.2) is 24.3 Å². The lowest BCUT2D eigenvalue weighted by Gasteiger charge is -2.14. The molecule has 2 aromatic rings. The summed E-state index contributed by atoms with van der Waals surface area (Å²) in [6.07, 6.45) is 0. The number of nitrogens with zero attached hydrogens (tertiary/aromatic N) is 1. The fourth-order valence-corrected chi connectivity index (χ4v) is 2.02. The van der Waals surface area contributed by atoms with Crippen LogP contribution in [-0.2, 0) is 5.41 Å². The van der Waals surface area contributed by atoms with E-state index in [1.807, 2.05) is 38.1 Å². The Labute approximate surface area is 119 Å². The van der Waals surface area contributed by atoms with E-state index in [1.54, 1.807) is 0 Å². The topological polar surface area (TPSA) is 57.8 Å². The lowest BCUT2D eigenvalue weighted by atomic mass is 9.92. The van der Waals surface area contributed by atoms with Crippen LogP contribution in [0.25, 0.3) is 0 Å². The zero-order chi connectivity index (χ0) is 14.9. The van der Waals surface area contributed by atoms with Crippen LogP contribution in [-0.4, -0.2) is 16.1 Å². The van der Waals surface area contributed by atoms with Crippen LogP contribution in [0.4, 0.5) is 5.82 Å². The Hall–Kier alpha value is -2.10. The number of rotatable bonds is 2. The maximum absolute atomic E-state index is 12.2. The number of carbonyl (C=O) groups is 1. The molecule has 0 aliphatic heterocycles. The van der Waals surface area contributed by atoms with Gasteiger partial charge in [-0.25, -0.2) is 0 Å². The van der Waals surface area contributed by atoms with Crippen LogP contribution in [0.3, 0.4) is 0 Å². The molecule has 1 aromatic carbocycles. The molecule has 0 aliphatic carbocycles. The number of H-pyrrole nitrogens is 1. The van der Waals surface area contributed by atoms with Crippen LogP contribution in [0.2, 0.25) is 0 Å². The van der Waals surface area contributed by atoms with Crippen LogP contribution in [0.1, 0.15) is 48.0 Å². The summed E-state index contributed by atoms with van der Waals surface area (Å²) in [5.74, 6) is 0.425. The standard InChI is InChI=1S/C16H21N3O/c1-10-6-7-12(11(2)8-10)15(20)17-14-9-13(18-19-14)16(3,4)5/h6-9H,1-5H3,(H2,17,18,19,20). The van der Waals surface area contributed by atoms with Gasteiger partial charge in [-0.2, -0.15) is 5.10 Å². The summed E-state index contributed by atoms with van der Waals surface area (Å²) in [5.41, 5.74) is 3.77. The van der Waals surface area contributed by atoms with Gasteiger partial charge in [0.05, 0.1) is 0 Å². The van der Waals surface area contributed by atoms with Gasteiger partial charge in [-0.3, -0.25) is 9.89 Å². The fourth-order valence-electron chi connectivity index (χ4n) is 2.02. The largest absolute Gasteiger partial charge is 0.305 e. The molecule has 20 heavy (non-hydrogen) atoms. The molecule has 0 radical (unpaired) electrons. The average molecular weight is 271 g/mol. The van der Waals surface area contributed by atoms with Crippen LogP contribution in [0, 0.1) is 13.8 Å². The molecule has 0 saturated carbocycles. The maximum Gasteiger partial charge on any atom is 0.257 e. The molecule has 0 spiro atoms. The summed E-state index contributed by atoms with van der Waals surface area (Å²) in [6, 6.07) is 7.66. The van der Waals surface area contributed by atoms with Gasteiger partial charge in [0, 0.05) is 22.7 Å². The molecule has 0 aliphatic rings. The van der Waals surface area contributed by atoms with Crippen LogP contribution in [0.5, 0.6) is 0 Å². The van der Waals surface area contributed by atoms with Gasteiger partial charge < -0.3 is 5.32 Å². The Morgan fingerprint density at radius 1 is 1.20 bits per heavy atom. The van der Waals surface area contributed by atoms with E-state index >= 15 is 0 Å². The van der Waals surface area contributed by atoms with Crippen molar-refractivity contribution in [1.82, 2.24) is 10.2 Å². The minimum atomic E-state index is -0.130. The number of amides is 1. The highest BCUT2D eigenvalue weighted by Gasteiger charge is 2.18. The second kappa shape index (κ2) is 5.12. The second-order valence-corrected chi connectivity index (χ2v) is 6.19. The first kappa shape index (κ1) is 14.3. The maximum atomic E-state index is 12.2. The van der Waals surface area contributed by atoms with Gasteiger partial charge in [0.15, 0.2) is 5.82 Å². The molecule has 0 bridgehead atoms. The second-order valence-electron chi connectivity index (χ2n) is 6.19. The van der Waals surface area contributed by atoms with Gasteiger partial charge >= 0.3 is 0 Å². The Morgan fingerprint density at radius 2 is 1.90 bits per heavy atom.